The van der Waals surface area contributed by atoms with Crippen LogP contribution in [0.2, 0.25) is 0 Å². The maximum atomic E-state index is 5.78. The fourth-order valence-electron chi connectivity index (χ4n) is 1.73. The molecule has 0 saturated heterocycles. The minimum Gasteiger partial charge on any atom is -0.490 e. The molecule has 18 heavy (non-hydrogen) atoms. The van der Waals surface area contributed by atoms with E-state index in [1.165, 1.54) is 12.8 Å². The Hall–Kier alpha value is -2.10. The number of benzene rings is 1. The second-order valence-corrected chi connectivity index (χ2v) is 4.38. The highest BCUT2D eigenvalue weighted by molar-refractivity contribution is 5.61. The zero-order valence-corrected chi connectivity index (χ0v) is 10.3. The van der Waals surface area contributed by atoms with Gasteiger partial charge in [-0.25, -0.2) is 4.98 Å². The van der Waals surface area contributed by atoms with Gasteiger partial charge in [0, 0.05) is 12.6 Å². The van der Waals surface area contributed by atoms with Crippen molar-refractivity contribution in [3.8, 4) is 17.0 Å². The largest absolute Gasteiger partial charge is 0.490 e. The van der Waals surface area contributed by atoms with E-state index in [0.717, 1.165) is 22.8 Å². The average molecular weight is 241 g/mol. The molecule has 3 rings (SSSR count). The van der Waals surface area contributed by atoms with Gasteiger partial charge in [0.25, 0.3) is 0 Å². The Kier molecular flexibility index (Phi) is 2.84. The lowest BCUT2D eigenvalue weighted by molar-refractivity contribution is 0.303. The maximum Gasteiger partial charge on any atom is 0.144 e. The summed E-state index contributed by atoms with van der Waals surface area (Å²) in [6, 6.07) is 8.00. The lowest BCUT2D eigenvalue weighted by Gasteiger charge is -2.07. The van der Waals surface area contributed by atoms with E-state index in [2.05, 4.69) is 15.3 Å². The van der Waals surface area contributed by atoms with Gasteiger partial charge in [-0.2, -0.15) is 0 Å². The van der Waals surface area contributed by atoms with Crippen molar-refractivity contribution in [2.75, 3.05) is 12.4 Å². The maximum absolute atomic E-state index is 5.78. The molecule has 1 aromatic carbocycles. The van der Waals surface area contributed by atoms with Crippen molar-refractivity contribution in [2.24, 2.45) is 0 Å². The molecule has 0 aliphatic heterocycles. The predicted molar refractivity (Wildman–Crippen MR) is 70.7 cm³/mol. The molecule has 1 heterocycles. The van der Waals surface area contributed by atoms with Crippen molar-refractivity contribution < 1.29 is 4.74 Å². The van der Waals surface area contributed by atoms with E-state index in [4.69, 9.17) is 4.74 Å². The summed E-state index contributed by atoms with van der Waals surface area (Å²) >= 11 is 0. The molecular formula is C14H15N3O. The third-order valence-electron chi connectivity index (χ3n) is 2.85. The summed E-state index contributed by atoms with van der Waals surface area (Å²) in [7, 11) is 1.83. The van der Waals surface area contributed by atoms with Crippen LogP contribution in [0.25, 0.3) is 11.3 Å². The van der Waals surface area contributed by atoms with Crippen LogP contribution in [0.3, 0.4) is 0 Å². The van der Waals surface area contributed by atoms with E-state index in [0.29, 0.717) is 6.10 Å². The number of hydrogen-bond acceptors (Lipinski definition) is 4. The van der Waals surface area contributed by atoms with Gasteiger partial charge in [0.1, 0.15) is 11.6 Å². The second kappa shape index (κ2) is 4.64. The molecule has 1 N–H and O–H groups in total. The van der Waals surface area contributed by atoms with Gasteiger partial charge in [-0.15, -0.1) is 0 Å². The van der Waals surface area contributed by atoms with E-state index in [9.17, 15) is 0 Å². The number of nitrogens with one attached hydrogen (secondary N) is 1. The average Bonchev–Trinajstić information content (AvgIpc) is 3.23. The lowest BCUT2D eigenvalue weighted by atomic mass is 10.1. The zero-order valence-electron chi connectivity index (χ0n) is 10.3. The zero-order chi connectivity index (χ0) is 12.4. The molecule has 92 valence electrons. The fourth-order valence-corrected chi connectivity index (χ4v) is 1.73. The van der Waals surface area contributed by atoms with Gasteiger partial charge in [-0.3, -0.25) is 4.98 Å². The number of rotatable bonds is 4. The molecule has 4 heteroatoms. The molecule has 0 atom stereocenters. The van der Waals surface area contributed by atoms with E-state index in [-0.39, 0.29) is 0 Å². The summed E-state index contributed by atoms with van der Waals surface area (Å²) in [4.78, 5) is 8.64. The normalized spacial score (nSPS) is 14.3. The van der Waals surface area contributed by atoms with Crippen LogP contribution < -0.4 is 10.1 Å². The number of anilines is 1. The molecule has 1 fully saturated rings. The molecule has 0 unspecified atom stereocenters. The van der Waals surface area contributed by atoms with Crippen LogP contribution in [0.5, 0.6) is 5.75 Å². The first-order chi connectivity index (χ1) is 8.85. The first-order valence-corrected chi connectivity index (χ1v) is 6.12. The molecule has 1 aromatic heterocycles. The Morgan fingerprint density at radius 2 is 2.17 bits per heavy atom. The highest BCUT2D eigenvalue weighted by Gasteiger charge is 2.23. The Bertz CT molecular complexity index is 552. The Labute approximate surface area is 106 Å². The second-order valence-electron chi connectivity index (χ2n) is 4.38. The molecular weight excluding hydrogens is 226 g/mol. The van der Waals surface area contributed by atoms with Crippen LogP contribution in [0.15, 0.2) is 36.7 Å². The molecule has 1 saturated carbocycles. The van der Waals surface area contributed by atoms with Crippen LogP contribution >= 0.6 is 0 Å². The van der Waals surface area contributed by atoms with Crippen molar-refractivity contribution in [1.82, 2.24) is 9.97 Å². The highest BCUT2D eigenvalue weighted by Crippen LogP contribution is 2.29. The van der Waals surface area contributed by atoms with Crippen molar-refractivity contribution in [2.45, 2.75) is 18.9 Å². The monoisotopic (exact) mass is 241 g/mol. The Balaban J connectivity index is 1.89. The minimum absolute atomic E-state index is 0.412. The third-order valence-corrected chi connectivity index (χ3v) is 2.85. The topological polar surface area (TPSA) is 47.0 Å². The standard InChI is InChI=1S/C14H15N3O/c1-15-14-9-16-8-13(17-14)10-3-2-4-12(7-10)18-11-5-6-11/h2-4,7-9,11H,5-6H2,1H3,(H,15,17). The van der Waals surface area contributed by atoms with Gasteiger partial charge in [-0.1, -0.05) is 12.1 Å². The van der Waals surface area contributed by atoms with Gasteiger partial charge in [-0.05, 0) is 25.0 Å². The lowest BCUT2D eigenvalue weighted by Crippen LogP contribution is -1.97. The van der Waals surface area contributed by atoms with Gasteiger partial charge in [0.2, 0.25) is 0 Å². The number of hydrogen-bond donors (Lipinski definition) is 1. The molecule has 0 spiro atoms. The van der Waals surface area contributed by atoms with Crippen molar-refractivity contribution in [3.63, 3.8) is 0 Å². The van der Waals surface area contributed by atoms with Gasteiger partial charge >= 0.3 is 0 Å². The third kappa shape index (κ3) is 2.42. The number of nitrogens with zero attached hydrogens (tertiary/aromatic N) is 2. The minimum atomic E-state index is 0.412. The highest BCUT2D eigenvalue weighted by atomic mass is 16.5. The fraction of sp³-hybridized carbons (Fsp3) is 0.286. The Morgan fingerprint density at radius 1 is 1.28 bits per heavy atom. The number of ether oxygens (including phenoxy) is 1. The molecule has 0 radical (unpaired) electrons. The van der Waals surface area contributed by atoms with E-state index in [1.807, 2.05) is 31.3 Å². The molecule has 1 aliphatic rings. The van der Waals surface area contributed by atoms with Crippen LogP contribution in [-0.4, -0.2) is 23.1 Å². The smallest absolute Gasteiger partial charge is 0.144 e. The van der Waals surface area contributed by atoms with Crippen LogP contribution in [0.1, 0.15) is 12.8 Å². The summed E-state index contributed by atoms with van der Waals surface area (Å²) in [5.41, 5.74) is 1.88. The van der Waals surface area contributed by atoms with E-state index >= 15 is 0 Å². The molecule has 2 aromatic rings. The molecule has 0 bridgehead atoms. The summed E-state index contributed by atoms with van der Waals surface area (Å²) in [6.45, 7) is 0. The number of aromatic nitrogens is 2. The van der Waals surface area contributed by atoms with E-state index < -0.39 is 0 Å². The van der Waals surface area contributed by atoms with Crippen LogP contribution in [0.4, 0.5) is 5.82 Å². The first kappa shape index (κ1) is 11.0. The predicted octanol–water partition coefficient (Wildman–Crippen LogP) is 2.73. The SMILES string of the molecule is CNc1cncc(-c2cccc(OC3CC3)c2)n1. The van der Waals surface area contributed by atoms with Crippen LogP contribution in [0, 0.1) is 0 Å². The molecule has 0 amide bonds. The van der Waals surface area contributed by atoms with Gasteiger partial charge in [0.15, 0.2) is 0 Å². The molecule has 1 aliphatic carbocycles. The molecule has 4 nitrogen and oxygen atoms in total. The van der Waals surface area contributed by atoms with Crippen molar-refractivity contribution in [1.29, 1.82) is 0 Å². The van der Waals surface area contributed by atoms with E-state index in [1.54, 1.807) is 12.4 Å². The van der Waals surface area contributed by atoms with Crippen molar-refractivity contribution >= 4 is 5.82 Å². The first-order valence-electron chi connectivity index (χ1n) is 6.12. The van der Waals surface area contributed by atoms with Gasteiger partial charge < -0.3 is 10.1 Å². The summed E-state index contributed by atoms with van der Waals surface area (Å²) < 4.78 is 5.78. The van der Waals surface area contributed by atoms with Crippen LogP contribution in [-0.2, 0) is 0 Å². The summed E-state index contributed by atoms with van der Waals surface area (Å²) in [5, 5.41) is 2.99. The Morgan fingerprint density at radius 3 is 2.94 bits per heavy atom. The summed E-state index contributed by atoms with van der Waals surface area (Å²) in [5.74, 6) is 1.67. The quantitative estimate of drug-likeness (QED) is 0.894. The van der Waals surface area contributed by atoms with Gasteiger partial charge in [0.05, 0.1) is 24.2 Å². The summed E-state index contributed by atoms with van der Waals surface area (Å²) in [6.07, 6.45) is 6.21. The van der Waals surface area contributed by atoms with Crippen molar-refractivity contribution in [3.05, 3.63) is 36.7 Å².